The Labute approximate surface area is 106 Å². The summed E-state index contributed by atoms with van der Waals surface area (Å²) in [5.74, 6) is 7.33. The Morgan fingerprint density at radius 2 is 1.94 bits per heavy atom. The summed E-state index contributed by atoms with van der Waals surface area (Å²) in [5, 5.41) is 0. The number of hydrogen-bond donors (Lipinski definition) is 0. The average Bonchev–Trinajstić information content (AvgIpc) is 2.34. The Kier molecular flexibility index (Phi) is 6.18. The first-order valence-corrected chi connectivity index (χ1v) is 6.44. The molecule has 0 aliphatic rings. The molecule has 0 aliphatic heterocycles. The summed E-state index contributed by atoms with van der Waals surface area (Å²) in [6, 6.07) is 10.4. The number of hydrogen-bond acceptors (Lipinski definition) is 0. The number of benzene rings is 1. The van der Waals surface area contributed by atoms with Crippen molar-refractivity contribution in [2.24, 2.45) is 5.92 Å². The van der Waals surface area contributed by atoms with Crippen molar-refractivity contribution in [2.75, 3.05) is 0 Å². The highest BCUT2D eigenvalue weighted by molar-refractivity contribution is 5.78. The molecule has 0 spiro atoms. The minimum absolute atomic E-state index is 0.784. The number of allylic oxidation sites excluding steroid dienone is 2. The van der Waals surface area contributed by atoms with Crippen molar-refractivity contribution in [2.45, 2.75) is 40.0 Å². The van der Waals surface area contributed by atoms with Crippen molar-refractivity contribution in [1.82, 2.24) is 0 Å². The van der Waals surface area contributed by atoms with Crippen LogP contribution in [0.25, 0.3) is 5.57 Å². The zero-order chi connectivity index (χ0) is 12.5. The molecule has 0 saturated carbocycles. The number of rotatable bonds is 4. The molecule has 0 aromatic heterocycles. The zero-order valence-electron chi connectivity index (χ0n) is 11.2. The van der Waals surface area contributed by atoms with E-state index >= 15 is 0 Å². The van der Waals surface area contributed by atoms with Crippen LogP contribution >= 0.6 is 0 Å². The van der Waals surface area contributed by atoms with E-state index in [2.05, 4.69) is 56.0 Å². The maximum absolute atomic E-state index is 3.27. The summed E-state index contributed by atoms with van der Waals surface area (Å²) in [5.41, 5.74) is 2.35. The molecule has 0 atom stereocenters. The van der Waals surface area contributed by atoms with Gasteiger partial charge in [0.25, 0.3) is 0 Å². The van der Waals surface area contributed by atoms with Crippen LogP contribution in [-0.2, 0) is 0 Å². The van der Waals surface area contributed by atoms with Crippen molar-refractivity contribution in [3.05, 3.63) is 42.0 Å². The van der Waals surface area contributed by atoms with Gasteiger partial charge < -0.3 is 0 Å². The van der Waals surface area contributed by atoms with E-state index in [1.807, 2.05) is 13.0 Å². The lowest BCUT2D eigenvalue weighted by atomic mass is 10.0. The molecular weight excluding hydrogens is 204 g/mol. The Bertz CT molecular complexity index is 399. The van der Waals surface area contributed by atoms with Gasteiger partial charge in [0.05, 0.1) is 0 Å². The first kappa shape index (κ1) is 13.6. The molecule has 17 heavy (non-hydrogen) atoms. The SMILES string of the molecule is C/C=C(/C#CCCCC(C)C)c1ccccc1. The van der Waals surface area contributed by atoms with Gasteiger partial charge in [-0.15, -0.1) is 0 Å². The Hall–Kier alpha value is -1.48. The van der Waals surface area contributed by atoms with Crippen LogP contribution in [0.3, 0.4) is 0 Å². The van der Waals surface area contributed by atoms with Crippen LogP contribution in [0.2, 0.25) is 0 Å². The van der Waals surface area contributed by atoms with Crippen LogP contribution in [0.1, 0.15) is 45.6 Å². The monoisotopic (exact) mass is 226 g/mol. The molecule has 0 N–H and O–H groups in total. The van der Waals surface area contributed by atoms with Crippen LogP contribution < -0.4 is 0 Å². The fourth-order valence-corrected chi connectivity index (χ4v) is 1.69. The maximum atomic E-state index is 3.27. The van der Waals surface area contributed by atoms with E-state index in [9.17, 15) is 0 Å². The van der Waals surface area contributed by atoms with E-state index in [0.29, 0.717) is 0 Å². The Morgan fingerprint density at radius 3 is 2.53 bits per heavy atom. The molecule has 0 nitrogen and oxygen atoms in total. The smallest absolute Gasteiger partial charge is 0.0275 e. The second kappa shape index (κ2) is 7.74. The third-order valence-corrected chi connectivity index (χ3v) is 2.68. The molecule has 0 heteroatoms. The summed E-state index contributed by atoms with van der Waals surface area (Å²) < 4.78 is 0. The van der Waals surface area contributed by atoms with Gasteiger partial charge >= 0.3 is 0 Å². The summed E-state index contributed by atoms with van der Waals surface area (Å²) in [4.78, 5) is 0. The van der Waals surface area contributed by atoms with Crippen LogP contribution in [0.4, 0.5) is 0 Å². The minimum atomic E-state index is 0.784. The highest BCUT2D eigenvalue weighted by atomic mass is 14.0. The number of unbranched alkanes of at least 4 members (excludes halogenated alkanes) is 1. The highest BCUT2D eigenvalue weighted by Gasteiger charge is 1.95. The van der Waals surface area contributed by atoms with E-state index in [-0.39, 0.29) is 0 Å². The maximum Gasteiger partial charge on any atom is 0.0275 e. The summed E-state index contributed by atoms with van der Waals surface area (Å²) >= 11 is 0. The predicted octanol–water partition coefficient (Wildman–Crippen LogP) is 4.92. The van der Waals surface area contributed by atoms with Gasteiger partial charge in [0.15, 0.2) is 0 Å². The molecule has 90 valence electrons. The molecule has 1 aromatic rings. The van der Waals surface area contributed by atoms with Crippen LogP contribution in [0.15, 0.2) is 36.4 Å². The molecule has 0 unspecified atom stereocenters. The Balaban J connectivity index is 2.52. The fourth-order valence-electron chi connectivity index (χ4n) is 1.69. The first-order chi connectivity index (χ1) is 8.24. The van der Waals surface area contributed by atoms with Crippen molar-refractivity contribution in [3.63, 3.8) is 0 Å². The molecule has 0 amide bonds. The van der Waals surface area contributed by atoms with E-state index < -0.39 is 0 Å². The van der Waals surface area contributed by atoms with Gasteiger partial charge in [0.1, 0.15) is 0 Å². The second-order valence-electron chi connectivity index (χ2n) is 4.66. The lowest BCUT2D eigenvalue weighted by Crippen LogP contribution is -1.85. The second-order valence-corrected chi connectivity index (χ2v) is 4.66. The van der Waals surface area contributed by atoms with Gasteiger partial charge in [-0.05, 0) is 24.8 Å². The summed E-state index contributed by atoms with van der Waals surface area (Å²) in [7, 11) is 0. The van der Waals surface area contributed by atoms with Gasteiger partial charge in [-0.25, -0.2) is 0 Å². The standard InChI is InChI=1S/C17H22/c1-4-16(17-13-9-6-10-14-17)12-8-5-7-11-15(2)3/h4,6,9-10,13-15H,5,7,11H2,1-3H3/b16-4-. The predicted molar refractivity (Wildman–Crippen MR) is 76.6 cm³/mol. The average molecular weight is 226 g/mol. The zero-order valence-corrected chi connectivity index (χ0v) is 11.2. The van der Waals surface area contributed by atoms with Crippen LogP contribution in [-0.4, -0.2) is 0 Å². The van der Waals surface area contributed by atoms with Gasteiger partial charge in [-0.1, -0.05) is 68.5 Å². The van der Waals surface area contributed by atoms with Gasteiger partial charge in [0.2, 0.25) is 0 Å². The quantitative estimate of drug-likeness (QED) is 0.505. The highest BCUT2D eigenvalue weighted by Crippen LogP contribution is 2.12. The normalized spacial score (nSPS) is 11.2. The van der Waals surface area contributed by atoms with E-state index in [0.717, 1.165) is 17.9 Å². The molecule has 0 aliphatic carbocycles. The molecule has 0 fully saturated rings. The largest absolute Gasteiger partial charge is 0.0979 e. The molecule has 0 heterocycles. The fraction of sp³-hybridized carbons (Fsp3) is 0.412. The topological polar surface area (TPSA) is 0 Å². The van der Waals surface area contributed by atoms with Gasteiger partial charge in [-0.2, -0.15) is 0 Å². The Morgan fingerprint density at radius 1 is 1.24 bits per heavy atom. The first-order valence-electron chi connectivity index (χ1n) is 6.44. The minimum Gasteiger partial charge on any atom is -0.0979 e. The van der Waals surface area contributed by atoms with E-state index in [4.69, 9.17) is 0 Å². The third kappa shape index (κ3) is 5.41. The van der Waals surface area contributed by atoms with Gasteiger partial charge in [-0.3, -0.25) is 0 Å². The van der Waals surface area contributed by atoms with Crippen molar-refractivity contribution in [3.8, 4) is 11.8 Å². The lowest BCUT2D eigenvalue weighted by Gasteiger charge is -2.00. The molecule has 0 radical (unpaired) electrons. The van der Waals surface area contributed by atoms with Crippen LogP contribution in [0.5, 0.6) is 0 Å². The van der Waals surface area contributed by atoms with Crippen molar-refractivity contribution >= 4 is 5.57 Å². The molecule has 0 saturated heterocycles. The molecular formula is C17H22. The van der Waals surface area contributed by atoms with Crippen molar-refractivity contribution < 1.29 is 0 Å². The van der Waals surface area contributed by atoms with E-state index in [1.165, 1.54) is 18.4 Å². The van der Waals surface area contributed by atoms with Crippen LogP contribution in [0, 0.1) is 17.8 Å². The molecule has 0 bridgehead atoms. The molecule has 1 rings (SSSR count). The summed E-state index contributed by atoms with van der Waals surface area (Å²) in [6.45, 7) is 6.56. The lowest BCUT2D eigenvalue weighted by molar-refractivity contribution is 0.563. The summed E-state index contributed by atoms with van der Waals surface area (Å²) in [6.07, 6.45) is 5.56. The van der Waals surface area contributed by atoms with E-state index in [1.54, 1.807) is 0 Å². The third-order valence-electron chi connectivity index (χ3n) is 2.68. The van der Waals surface area contributed by atoms with Gasteiger partial charge in [0, 0.05) is 12.0 Å². The van der Waals surface area contributed by atoms with Crippen molar-refractivity contribution in [1.29, 1.82) is 0 Å². The molecule has 1 aromatic carbocycles.